The van der Waals surface area contributed by atoms with E-state index in [-0.39, 0.29) is 18.4 Å². The van der Waals surface area contributed by atoms with Crippen LogP contribution in [-0.2, 0) is 6.54 Å². The van der Waals surface area contributed by atoms with Crippen LogP contribution in [0.5, 0.6) is 0 Å². The lowest BCUT2D eigenvalue weighted by atomic mass is 10.1. The minimum Gasteiger partial charge on any atom is -0.367 e. The Balaban J connectivity index is 2.23. The van der Waals surface area contributed by atoms with E-state index in [1.165, 1.54) is 4.88 Å². The number of halogens is 1. The van der Waals surface area contributed by atoms with Crippen LogP contribution in [-0.4, -0.2) is 7.05 Å². The maximum absolute atomic E-state index is 13.7. The lowest BCUT2D eigenvalue weighted by Gasteiger charge is -2.26. The van der Waals surface area contributed by atoms with Gasteiger partial charge in [-0.3, -0.25) is 0 Å². The first-order chi connectivity index (χ1) is 8.63. The summed E-state index contributed by atoms with van der Waals surface area (Å²) in [4.78, 5) is 3.33. The predicted molar refractivity (Wildman–Crippen MR) is 75.4 cm³/mol. The molecule has 2 aromatic rings. The Labute approximate surface area is 111 Å². The Morgan fingerprint density at radius 3 is 2.72 bits per heavy atom. The van der Waals surface area contributed by atoms with E-state index < -0.39 is 0 Å². The molecule has 0 aliphatic heterocycles. The summed E-state index contributed by atoms with van der Waals surface area (Å²) >= 11 is 1.71. The van der Waals surface area contributed by atoms with Gasteiger partial charge in [-0.25, -0.2) is 4.39 Å². The predicted octanol–water partition coefficient (Wildman–Crippen LogP) is 3.54. The molecule has 0 aliphatic rings. The molecule has 1 aromatic carbocycles. The highest BCUT2D eigenvalue weighted by atomic mass is 32.1. The van der Waals surface area contributed by atoms with Crippen LogP contribution in [0.4, 0.5) is 10.1 Å². The largest absolute Gasteiger partial charge is 0.367 e. The number of hydrogen-bond donors (Lipinski definition) is 1. The average Bonchev–Trinajstić information content (AvgIpc) is 2.90. The van der Waals surface area contributed by atoms with E-state index >= 15 is 0 Å². The molecule has 0 radical (unpaired) electrons. The molecule has 1 atom stereocenters. The normalized spacial score (nSPS) is 12.4. The summed E-state index contributed by atoms with van der Waals surface area (Å²) in [7, 11) is 1.97. The standard InChI is InChI=1S/C14H17FN2S/c1-10(14-4-3-7-18-14)17(2)12-6-5-11(9-16)13(15)8-12/h3-8,10H,9,16H2,1-2H3. The number of nitrogens with zero attached hydrogens (tertiary/aromatic N) is 1. The number of nitrogens with two attached hydrogens (primary N) is 1. The molecule has 2 nitrogen and oxygen atoms in total. The molecule has 0 aliphatic carbocycles. The van der Waals surface area contributed by atoms with Crippen molar-refractivity contribution >= 4 is 17.0 Å². The molecule has 1 unspecified atom stereocenters. The molecule has 2 N–H and O–H groups in total. The van der Waals surface area contributed by atoms with Gasteiger partial charge in [0.2, 0.25) is 0 Å². The van der Waals surface area contributed by atoms with Gasteiger partial charge in [0.15, 0.2) is 0 Å². The molecule has 1 heterocycles. The molecule has 4 heteroatoms. The van der Waals surface area contributed by atoms with Crippen molar-refractivity contribution in [2.24, 2.45) is 5.73 Å². The van der Waals surface area contributed by atoms with Crippen LogP contribution in [0.3, 0.4) is 0 Å². The second-order valence-corrected chi connectivity index (χ2v) is 5.26. The fourth-order valence-corrected chi connectivity index (χ4v) is 2.69. The van der Waals surface area contributed by atoms with E-state index in [0.717, 1.165) is 5.69 Å². The third-order valence-corrected chi connectivity index (χ3v) is 4.24. The van der Waals surface area contributed by atoms with Crippen LogP contribution in [0.25, 0.3) is 0 Å². The van der Waals surface area contributed by atoms with Crippen LogP contribution in [0.15, 0.2) is 35.7 Å². The van der Waals surface area contributed by atoms with Crippen molar-refractivity contribution in [1.29, 1.82) is 0 Å². The molecule has 2 rings (SSSR count). The van der Waals surface area contributed by atoms with E-state index in [1.54, 1.807) is 23.5 Å². The molecule has 0 saturated carbocycles. The van der Waals surface area contributed by atoms with Gasteiger partial charge in [0.25, 0.3) is 0 Å². The van der Waals surface area contributed by atoms with Gasteiger partial charge < -0.3 is 10.6 Å². The Morgan fingerprint density at radius 1 is 1.39 bits per heavy atom. The van der Waals surface area contributed by atoms with Gasteiger partial charge in [-0.2, -0.15) is 0 Å². The fraction of sp³-hybridized carbons (Fsp3) is 0.286. The number of benzene rings is 1. The number of hydrogen-bond acceptors (Lipinski definition) is 3. The van der Waals surface area contributed by atoms with Gasteiger partial charge in [-0.05, 0) is 30.5 Å². The van der Waals surface area contributed by atoms with Crippen molar-refractivity contribution in [2.45, 2.75) is 19.5 Å². The molecule has 0 spiro atoms. The second-order valence-electron chi connectivity index (χ2n) is 4.28. The number of rotatable bonds is 4. The molecule has 0 fully saturated rings. The SMILES string of the molecule is CC(c1cccs1)N(C)c1ccc(CN)c(F)c1. The highest BCUT2D eigenvalue weighted by Crippen LogP contribution is 2.28. The minimum absolute atomic E-state index is 0.230. The number of anilines is 1. The van der Waals surface area contributed by atoms with Gasteiger partial charge in [0.05, 0.1) is 6.04 Å². The quantitative estimate of drug-likeness (QED) is 0.915. The molecule has 18 heavy (non-hydrogen) atoms. The van der Waals surface area contributed by atoms with Gasteiger partial charge in [0.1, 0.15) is 5.82 Å². The molecule has 0 bridgehead atoms. The van der Waals surface area contributed by atoms with Crippen molar-refractivity contribution < 1.29 is 4.39 Å². The fourth-order valence-electron chi connectivity index (χ4n) is 1.86. The first kappa shape index (κ1) is 13.1. The Hall–Kier alpha value is -1.39. The van der Waals surface area contributed by atoms with Crippen LogP contribution < -0.4 is 10.6 Å². The highest BCUT2D eigenvalue weighted by molar-refractivity contribution is 7.10. The van der Waals surface area contributed by atoms with Crippen molar-refractivity contribution in [3.63, 3.8) is 0 Å². The maximum atomic E-state index is 13.7. The van der Waals surface area contributed by atoms with Crippen LogP contribution in [0.1, 0.15) is 23.4 Å². The van der Waals surface area contributed by atoms with E-state index in [9.17, 15) is 4.39 Å². The average molecular weight is 264 g/mol. The summed E-state index contributed by atoms with van der Waals surface area (Å²) < 4.78 is 13.7. The smallest absolute Gasteiger partial charge is 0.129 e. The number of thiophene rings is 1. The van der Waals surface area contributed by atoms with Crippen LogP contribution in [0.2, 0.25) is 0 Å². The van der Waals surface area contributed by atoms with Gasteiger partial charge >= 0.3 is 0 Å². The summed E-state index contributed by atoms with van der Waals surface area (Å²) in [5.41, 5.74) is 6.88. The molecular weight excluding hydrogens is 247 g/mol. The lowest BCUT2D eigenvalue weighted by molar-refractivity contribution is 0.608. The first-order valence-corrected chi connectivity index (χ1v) is 6.76. The summed E-state index contributed by atoms with van der Waals surface area (Å²) in [5.74, 6) is -0.236. The zero-order valence-corrected chi connectivity index (χ0v) is 11.4. The first-order valence-electron chi connectivity index (χ1n) is 5.88. The third kappa shape index (κ3) is 2.54. The van der Waals surface area contributed by atoms with E-state index in [2.05, 4.69) is 23.3 Å². The summed E-state index contributed by atoms with van der Waals surface area (Å²) in [6.07, 6.45) is 0. The van der Waals surface area contributed by atoms with Crippen molar-refractivity contribution in [2.75, 3.05) is 11.9 Å². The third-order valence-electron chi connectivity index (χ3n) is 3.20. The van der Waals surface area contributed by atoms with Crippen molar-refractivity contribution in [3.8, 4) is 0 Å². The topological polar surface area (TPSA) is 29.3 Å². The summed E-state index contributed by atoms with van der Waals surface area (Å²) in [5, 5.41) is 2.05. The van der Waals surface area contributed by atoms with Gasteiger partial charge in [-0.1, -0.05) is 12.1 Å². The van der Waals surface area contributed by atoms with Crippen LogP contribution >= 0.6 is 11.3 Å². The molecule has 96 valence electrons. The van der Waals surface area contributed by atoms with Crippen molar-refractivity contribution in [3.05, 3.63) is 52.0 Å². The van der Waals surface area contributed by atoms with E-state index in [0.29, 0.717) is 5.56 Å². The second kappa shape index (κ2) is 5.50. The van der Waals surface area contributed by atoms with E-state index in [4.69, 9.17) is 5.73 Å². The Morgan fingerprint density at radius 2 is 2.17 bits per heavy atom. The zero-order chi connectivity index (χ0) is 13.1. The molecule has 0 saturated heterocycles. The van der Waals surface area contributed by atoms with Crippen molar-refractivity contribution in [1.82, 2.24) is 0 Å². The Kier molecular flexibility index (Phi) is 3.99. The lowest BCUT2D eigenvalue weighted by Crippen LogP contribution is -2.21. The zero-order valence-electron chi connectivity index (χ0n) is 10.6. The molecule has 0 amide bonds. The molecule has 1 aromatic heterocycles. The van der Waals surface area contributed by atoms with Gasteiger partial charge in [-0.15, -0.1) is 11.3 Å². The van der Waals surface area contributed by atoms with Crippen LogP contribution in [0, 0.1) is 5.82 Å². The minimum atomic E-state index is -0.236. The molecular formula is C14H17FN2S. The summed E-state index contributed by atoms with van der Waals surface area (Å²) in [6, 6.07) is 9.57. The Bertz CT molecular complexity index is 511. The monoisotopic (exact) mass is 264 g/mol. The maximum Gasteiger partial charge on any atom is 0.129 e. The highest BCUT2D eigenvalue weighted by Gasteiger charge is 2.14. The van der Waals surface area contributed by atoms with Gasteiger partial charge in [0, 0.05) is 29.7 Å². The van der Waals surface area contributed by atoms with E-state index in [1.807, 2.05) is 19.2 Å². The summed E-state index contributed by atoms with van der Waals surface area (Å²) in [6.45, 7) is 2.34.